The van der Waals surface area contributed by atoms with Crippen LogP contribution in [0, 0.1) is 13.8 Å². The summed E-state index contributed by atoms with van der Waals surface area (Å²) in [4.78, 5) is 14.4. The van der Waals surface area contributed by atoms with Crippen molar-refractivity contribution in [3.63, 3.8) is 0 Å². The number of amides is 1. The normalized spacial score (nSPS) is 10.9. The number of aromatic nitrogens is 2. The zero-order valence-electron chi connectivity index (χ0n) is 17.0. The molecule has 1 heterocycles. The number of unbranched alkanes of at least 4 members (excludes halogenated alkanes) is 2. The van der Waals surface area contributed by atoms with Gasteiger partial charge in [0, 0.05) is 31.6 Å². The molecule has 0 aliphatic carbocycles. The van der Waals surface area contributed by atoms with Crippen LogP contribution in [0.2, 0.25) is 0 Å². The lowest BCUT2D eigenvalue weighted by Crippen LogP contribution is -2.27. The maximum absolute atomic E-state index is 12.6. The van der Waals surface area contributed by atoms with Crippen LogP contribution in [0.3, 0.4) is 0 Å². The summed E-state index contributed by atoms with van der Waals surface area (Å²) in [5, 5.41) is 8.00. The van der Waals surface area contributed by atoms with Crippen LogP contribution in [-0.4, -0.2) is 34.6 Å². The molecular weight excluding hydrogens is 350 g/mol. The van der Waals surface area contributed by atoms with Crippen molar-refractivity contribution < 1.29 is 9.21 Å². The first-order chi connectivity index (χ1) is 13.5. The van der Waals surface area contributed by atoms with E-state index in [9.17, 15) is 4.79 Å². The molecule has 0 fully saturated rings. The molecule has 0 bridgehead atoms. The summed E-state index contributed by atoms with van der Waals surface area (Å²) in [6.45, 7) is 6.80. The molecule has 0 aliphatic heterocycles. The minimum absolute atomic E-state index is 0.0643. The van der Waals surface area contributed by atoms with Gasteiger partial charge in [-0.15, -0.1) is 10.2 Å². The minimum Gasteiger partial charge on any atom is -0.421 e. The molecule has 0 saturated carbocycles. The van der Waals surface area contributed by atoms with Crippen molar-refractivity contribution >= 4 is 5.91 Å². The molecule has 0 spiro atoms. The van der Waals surface area contributed by atoms with Gasteiger partial charge < -0.3 is 9.32 Å². The monoisotopic (exact) mass is 377 g/mol. The molecule has 1 aromatic heterocycles. The Morgan fingerprint density at radius 3 is 2.36 bits per heavy atom. The summed E-state index contributed by atoms with van der Waals surface area (Å²) in [6, 6.07) is 13.9. The summed E-state index contributed by atoms with van der Waals surface area (Å²) in [5.41, 5.74) is 4.89. The van der Waals surface area contributed by atoms with E-state index in [1.807, 2.05) is 43.4 Å². The van der Waals surface area contributed by atoms with Crippen LogP contribution in [0.15, 0.2) is 46.9 Å². The third-order valence-corrected chi connectivity index (χ3v) is 4.90. The Kier molecular flexibility index (Phi) is 6.24. The molecule has 2 aromatic carbocycles. The Hall–Kier alpha value is -2.95. The van der Waals surface area contributed by atoms with Crippen molar-refractivity contribution in [2.24, 2.45) is 0 Å². The summed E-state index contributed by atoms with van der Waals surface area (Å²) in [6.07, 6.45) is 3.34. The largest absolute Gasteiger partial charge is 0.421 e. The Labute approximate surface area is 166 Å². The highest BCUT2D eigenvalue weighted by Crippen LogP contribution is 2.29. The van der Waals surface area contributed by atoms with Gasteiger partial charge in [-0.05, 0) is 54.3 Å². The van der Waals surface area contributed by atoms with Gasteiger partial charge >= 0.3 is 0 Å². The average molecular weight is 377 g/mol. The standard InChI is InChI=1S/C23H27N3O2/c1-5-6-7-14-26(4)23(27)19-12-10-18(11-13-19)21-15-20(9-8-16(21)2)22-25-24-17(3)28-22/h8-13,15H,5-7,14H2,1-4H3. The number of benzene rings is 2. The van der Waals surface area contributed by atoms with Gasteiger partial charge in [-0.1, -0.05) is 38.0 Å². The SMILES string of the molecule is CCCCCN(C)C(=O)c1ccc(-c2cc(-c3nnc(C)o3)ccc2C)cc1. The van der Waals surface area contributed by atoms with E-state index in [1.165, 1.54) is 0 Å². The maximum atomic E-state index is 12.6. The maximum Gasteiger partial charge on any atom is 0.253 e. The van der Waals surface area contributed by atoms with Crippen LogP contribution in [0.5, 0.6) is 0 Å². The zero-order chi connectivity index (χ0) is 20.1. The molecular formula is C23H27N3O2. The Morgan fingerprint density at radius 2 is 1.71 bits per heavy atom. The molecule has 0 unspecified atom stereocenters. The second-order valence-electron chi connectivity index (χ2n) is 7.17. The van der Waals surface area contributed by atoms with E-state index in [-0.39, 0.29) is 5.91 Å². The fraction of sp³-hybridized carbons (Fsp3) is 0.348. The molecule has 1 amide bonds. The van der Waals surface area contributed by atoms with Crippen molar-refractivity contribution in [2.75, 3.05) is 13.6 Å². The van der Waals surface area contributed by atoms with E-state index < -0.39 is 0 Å². The lowest BCUT2D eigenvalue weighted by Gasteiger charge is -2.17. The van der Waals surface area contributed by atoms with Gasteiger partial charge in [0.1, 0.15) is 0 Å². The van der Waals surface area contributed by atoms with Crippen LogP contribution in [-0.2, 0) is 0 Å². The van der Waals surface area contributed by atoms with Gasteiger partial charge in [0.25, 0.3) is 5.91 Å². The number of carbonyl (C=O) groups is 1. The second-order valence-corrected chi connectivity index (χ2v) is 7.17. The molecule has 3 rings (SSSR count). The molecule has 0 aliphatic rings. The Morgan fingerprint density at radius 1 is 1.00 bits per heavy atom. The van der Waals surface area contributed by atoms with Crippen LogP contribution in [0.4, 0.5) is 0 Å². The van der Waals surface area contributed by atoms with Gasteiger partial charge in [0.05, 0.1) is 0 Å². The average Bonchev–Trinajstić information content (AvgIpc) is 3.14. The highest BCUT2D eigenvalue weighted by molar-refractivity contribution is 5.94. The summed E-state index contributed by atoms with van der Waals surface area (Å²) in [5.74, 6) is 1.12. The first kappa shape index (κ1) is 19.8. The topological polar surface area (TPSA) is 59.2 Å². The smallest absolute Gasteiger partial charge is 0.253 e. The molecule has 5 heteroatoms. The predicted octanol–water partition coefficient (Wildman–Crippen LogP) is 5.28. The van der Waals surface area contributed by atoms with Crippen LogP contribution >= 0.6 is 0 Å². The van der Waals surface area contributed by atoms with E-state index in [4.69, 9.17) is 4.42 Å². The van der Waals surface area contributed by atoms with E-state index >= 15 is 0 Å². The molecule has 28 heavy (non-hydrogen) atoms. The fourth-order valence-electron chi connectivity index (χ4n) is 3.19. The summed E-state index contributed by atoms with van der Waals surface area (Å²) >= 11 is 0. The van der Waals surface area contributed by atoms with Crippen LogP contribution in [0.1, 0.15) is 48.0 Å². The van der Waals surface area contributed by atoms with Gasteiger partial charge in [0.2, 0.25) is 11.8 Å². The summed E-state index contributed by atoms with van der Waals surface area (Å²) in [7, 11) is 1.87. The van der Waals surface area contributed by atoms with Gasteiger partial charge in [-0.25, -0.2) is 0 Å². The van der Waals surface area contributed by atoms with E-state index in [1.54, 1.807) is 11.8 Å². The number of rotatable bonds is 7. The van der Waals surface area contributed by atoms with Crippen LogP contribution < -0.4 is 0 Å². The van der Waals surface area contributed by atoms with E-state index in [0.29, 0.717) is 17.3 Å². The first-order valence-corrected chi connectivity index (χ1v) is 9.76. The second kappa shape index (κ2) is 8.83. The van der Waals surface area contributed by atoms with Crippen molar-refractivity contribution in [3.8, 4) is 22.6 Å². The quantitative estimate of drug-likeness (QED) is 0.525. The van der Waals surface area contributed by atoms with E-state index in [2.05, 4.69) is 30.1 Å². The third kappa shape index (κ3) is 4.47. The van der Waals surface area contributed by atoms with Crippen molar-refractivity contribution in [1.29, 1.82) is 0 Å². The van der Waals surface area contributed by atoms with Gasteiger partial charge in [0.15, 0.2) is 0 Å². The van der Waals surface area contributed by atoms with Crippen molar-refractivity contribution in [1.82, 2.24) is 15.1 Å². The van der Waals surface area contributed by atoms with Crippen LogP contribution in [0.25, 0.3) is 22.6 Å². The number of nitrogens with zero attached hydrogens (tertiary/aromatic N) is 3. The molecule has 0 radical (unpaired) electrons. The highest BCUT2D eigenvalue weighted by atomic mass is 16.4. The first-order valence-electron chi connectivity index (χ1n) is 9.76. The van der Waals surface area contributed by atoms with Crippen molar-refractivity contribution in [3.05, 3.63) is 59.5 Å². The number of carbonyl (C=O) groups excluding carboxylic acids is 1. The zero-order valence-corrected chi connectivity index (χ0v) is 17.0. The molecule has 146 valence electrons. The number of hydrogen-bond donors (Lipinski definition) is 0. The Bertz CT molecular complexity index is 945. The minimum atomic E-state index is 0.0643. The molecule has 5 nitrogen and oxygen atoms in total. The lowest BCUT2D eigenvalue weighted by molar-refractivity contribution is 0.0792. The molecule has 3 aromatic rings. The van der Waals surface area contributed by atoms with E-state index in [0.717, 1.165) is 48.1 Å². The highest BCUT2D eigenvalue weighted by Gasteiger charge is 2.13. The Balaban J connectivity index is 1.80. The molecule has 0 atom stereocenters. The molecule has 0 saturated heterocycles. The molecule has 0 N–H and O–H groups in total. The fourth-order valence-corrected chi connectivity index (χ4v) is 3.19. The third-order valence-electron chi connectivity index (χ3n) is 4.90. The number of aryl methyl sites for hydroxylation is 2. The van der Waals surface area contributed by atoms with Crippen molar-refractivity contribution in [2.45, 2.75) is 40.0 Å². The van der Waals surface area contributed by atoms with Gasteiger partial charge in [-0.2, -0.15) is 0 Å². The number of hydrogen-bond acceptors (Lipinski definition) is 4. The lowest BCUT2D eigenvalue weighted by atomic mass is 9.97. The summed E-state index contributed by atoms with van der Waals surface area (Å²) < 4.78 is 5.55. The van der Waals surface area contributed by atoms with Gasteiger partial charge in [-0.3, -0.25) is 4.79 Å². The predicted molar refractivity (Wildman–Crippen MR) is 111 cm³/mol.